The van der Waals surface area contributed by atoms with Gasteiger partial charge in [0.15, 0.2) is 0 Å². The van der Waals surface area contributed by atoms with Gasteiger partial charge in [-0.05, 0) is 58.9 Å². The highest BCUT2D eigenvalue weighted by molar-refractivity contribution is 5.02. The fraction of sp³-hybridized carbons (Fsp3) is 1.00. The molecule has 1 heterocycles. The summed E-state index contributed by atoms with van der Waals surface area (Å²) in [5, 5.41) is 3.42. The van der Waals surface area contributed by atoms with Gasteiger partial charge in [0.2, 0.25) is 0 Å². The van der Waals surface area contributed by atoms with Crippen LogP contribution in [-0.4, -0.2) is 36.6 Å². The molecular weight excluding hydrogens is 184 g/mol. The number of rotatable bonds is 1. The minimum atomic E-state index is 0.380. The number of nitrogens with zero attached hydrogens (tertiary/aromatic N) is 1. The third-order valence-electron chi connectivity index (χ3n) is 4.46. The van der Waals surface area contributed by atoms with Crippen LogP contribution in [0.4, 0.5) is 0 Å². The molecule has 1 saturated heterocycles. The van der Waals surface area contributed by atoms with E-state index in [2.05, 4.69) is 38.0 Å². The summed E-state index contributed by atoms with van der Waals surface area (Å²) in [5.74, 6) is 0. The highest BCUT2D eigenvalue weighted by atomic mass is 15.3. The molecule has 0 aromatic carbocycles. The zero-order valence-electron chi connectivity index (χ0n) is 10.8. The Hall–Kier alpha value is -0.0800. The van der Waals surface area contributed by atoms with Crippen LogP contribution in [-0.2, 0) is 0 Å². The van der Waals surface area contributed by atoms with Gasteiger partial charge in [0, 0.05) is 24.7 Å². The smallest absolute Gasteiger partial charge is 0.0125 e. The second-order valence-corrected chi connectivity index (χ2v) is 6.59. The Morgan fingerprint density at radius 2 is 1.67 bits per heavy atom. The van der Waals surface area contributed by atoms with Crippen LogP contribution in [0.1, 0.15) is 46.5 Å². The molecule has 0 unspecified atom stereocenters. The zero-order chi connectivity index (χ0) is 11.1. The van der Waals surface area contributed by atoms with Crippen molar-refractivity contribution < 1.29 is 0 Å². The molecular formula is C13H26N2. The largest absolute Gasteiger partial charge is 0.317 e. The Morgan fingerprint density at radius 1 is 1.13 bits per heavy atom. The Labute approximate surface area is 94.4 Å². The predicted molar refractivity (Wildman–Crippen MR) is 65.1 cm³/mol. The maximum absolute atomic E-state index is 3.42. The molecule has 0 aromatic rings. The van der Waals surface area contributed by atoms with Gasteiger partial charge in [0.05, 0.1) is 0 Å². The van der Waals surface area contributed by atoms with Crippen LogP contribution in [0.3, 0.4) is 0 Å². The molecule has 1 spiro atoms. The molecule has 0 radical (unpaired) electrons. The SMILES string of the molecule is CNC1CCC2(CC1)CN(C(C)(C)C)C2. The van der Waals surface area contributed by atoms with Gasteiger partial charge < -0.3 is 5.32 Å². The Morgan fingerprint density at radius 3 is 2.07 bits per heavy atom. The number of likely N-dealkylation sites (tertiary alicyclic amines) is 1. The Kier molecular flexibility index (Phi) is 2.85. The molecule has 15 heavy (non-hydrogen) atoms. The maximum Gasteiger partial charge on any atom is 0.0125 e. The second kappa shape index (κ2) is 3.74. The van der Waals surface area contributed by atoms with E-state index in [0.717, 1.165) is 6.04 Å². The first kappa shape index (κ1) is 11.4. The van der Waals surface area contributed by atoms with Crippen LogP contribution in [0.25, 0.3) is 0 Å². The van der Waals surface area contributed by atoms with Crippen molar-refractivity contribution in [2.24, 2.45) is 5.41 Å². The van der Waals surface area contributed by atoms with E-state index in [1.165, 1.54) is 38.8 Å². The topological polar surface area (TPSA) is 15.3 Å². The van der Waals surface area contributed by atoms with Crippen LogP contribution in [0.2, 0.25) is 0 Å². The molecule has 0 amide bonds. The van der Waals surface area contributed by atoms with Gasteiger partial charge >= 0.3 is 0 Å². The summed E-state index contributed by atoms with van der Waals surface area (Å²) < 4.78 is 0. The lowest BCUT2D eigenvalue weighted by molar-refractivity contribution is -0.0817. The fourth-order valence-corrected chi connectivity index (χ4v) is 3.07. The summed E-state index contributed by atoms with van der Waals surface area (Å²) in [6.45, 7) is 9.68. The summed E-state index contributed by atoms with van der Waals surface area (Å²) in [7, 11) is 2.10. The standard InChI is InChI=1S/C13H26N2/c1-12(2,3)15-9-13(10-15)7-5-11(14-4)6-8-13/h11,14H,5-10H2,1-4H3. The van der Waals surface area contributed by atoms with E-state index >= 15 is 0 Å². The summed E-state index contributed by atoms with van der Waals surface area (Å²) in [6, 6.07) is 0.791. The van der Waals surface area contributed by atoms with Gasteiger partial charge in [0.25, 0.3) is 0 Å². The molecule has 1 saturated carbocycles. The van der Waals surface area contributed by atoms with Gasteiger partial charge in [-0.3, -0.25) is 4.90 Å². The minimum absolute atomic E-state index is 0.380. The average molecular weight is 210 g/mol. The van der Waals surface area contributed by atoms with Gasteiger partial charge in [0.1, 0.15) is 0 Å². The van der Waals surface area contributed by atoms with Crippen LogP contribution in [0, 0.1) is 5.41 Å². The quantitative estimate of drug-likeness (QED) is 0.714. The normalized spacial score (nSPS) is 28.0. The van der Waals surface area contributed by atoms with Crippen molar-refractivity contribution in [2.75, 3.05) is 20.1 Å². The van der Waals surface area contributed by atoms with E-state index in [9.17, 15) is 0 Å². The van der Waals surface area contributed by atoms with Gasteiger partial charge in [-0.25, -0.2) is 0 Å². The van der Waals surface area contributed by atoms with Gasteiger partial charge in [-0.1, -0.05) is 0 Å². The molecule has 2 aliphatic rings. The first-order chi connectivity index (χ1) is 6.95. The zero-order valence-corrected chi connectivity index (χ0v) is 10.8. The first-order valence-corrected chi connectivity index (χ1v) is 6.38. The van der Waals surface area contributed by atoms with E-state index in [-0.39, 0.29) is 0 Å². The third-order valence-corrected chi connectivity index (χ3v) is 4.46. The van der Waals surface area contributed by atoms with Crippen LogP contribution < -0.4 is 5.32 Å². The summed E-state index contributed by atoms with van der Waals surface area (Å²) in [4.78, 5) is 2.63. The van der Waals surface area contributed by atoms with Gasteiger partial charge in [-0.2, -0.15) is 0 Å². The van der Waals surface area contributed by atoms with E-state index < -0.39 is 0 Å². The van der Waals surface area contributed by atoms with E-state index in [1.54, 1.807) is 0 Å². The summed E-state index contributed by atoms with van der Waals surface area (Å²) >= 11 is 0. The van der Waals surface area contributed by atoms with Crippen LogP contribution >= 0.6 is 0 Å². The average Bonchev–Trinajstić information content (AvgIpc) is 2.13. The van der Waals surface area contributed by atoms with Crippen molar-refractivity contribution in [1.82, 2.24) is 10.2 Å². The number of hydrogen-bond donors (Lipinski definition) is 1. The molecule has 2 fully saturated rings. The molecule has 0 aromatic heterocycles. The summed E-state index contributed by atoms with van der Waals surface area (Å²) in [5.41, 5.74) is 1.08. The van der Waals surface area contributed by atoms with Gasteiger partial charge in [-0.15, -0.1) is 0 Å². The molecule has 0 atom stereocenters. The molecule has 1 N–H and O–H groups in total. The van der Waals surface area contributed by atoms with E-state index in [0.29, 0.717) is 11.0 Å². The van der Waals surface area contributed by atoms with Crippen molar-refractivity contribution in [3.63, 3.8) is 0 Å². The fourth-order valence-electron chi connectivity index (χ4n) is 3.07. The number of nitrogens with one attached hydrogen (secondary N) is 1. The van der Waals surface area contributed by atoms with Crippen molar-refractivity contribution in [1.29, 1.82) is 0 Å². The third kappa shape index (κ3) is 2.21. The maximum atomic E-state index is 3.42. The highest BCUT2D eigenvalue weighted by Crippen LogP contribution is 2.46. The van der Waals surface area contributed by atoms with Crippen LogP contribution in [0.5, 0.6) is 0 Å². The molecule has 88 valence electrons. The first-order valence-electron chi connectivity index (χ1n) is 6.38. The van der Waals surface area contributed by atoms with E-state index in [4.69, 9.17) is 0 Å². The highest BCUT2D eigenvalue weighted by Gasteiger charge is 2.47. The lowest BCUT2D eigenvalue weighted by Crippen LogP contribution is -2.63. The Bertz CT molecular complexity index is 213. The van der Waals surface area contributed by atoms with Crippen LogP contribution in [0.15, 0.2) is 0 Å². The van der Waals surface area contributed by atoms with E-state index in [1.807, 2.05) is 0 Å². The molecule has 2 nitrogen and oxygen atoms in total. The molecule has 0 bridgehead atoms. The lowest BCUT2D eigenvalue weighted by Gasteiger charge is -2.58. The van der Waals surface area contributed by atoms with Crippen molar-refractivity contribution in [2.45, 2.75) is 58.0 Å². The predicted octanol–water partition coefficient (Wildman–Crippen LogP) is 2.25. The monoisotopic (exact) mass is 210 g/mol. The molecule has 1 aliphatic carbocycles. The number of hydrogen-bond acceptors (Lipinski definition) is 2. The van der Waals surface area contributed by atoms with Crippen molar-refractivity contribution in [3.05, 3.63) is 0 Å². The molecule has 2 heteroatoms. The summed E-state index contributed by atoms with van der Waals surface area (Å²) in [6.07, 6.45) is 5.64. The lowest BCUT2D eigenvalue weighted by atomic mass is 9.66. The van der Waals surface area contributed by atoms with Crippen molar-refractivity contribution >= 4 is 0 Å². The van der Waals surface area contributed by atoms with Crippen molar-refractivity contribution in [3.8, 4) is 0 Å². The molecule has 2 rings (SSSR count). The molecule has 1 aliphatic heterocycles. The second-order valence-electron chi connectivity index (χ2n) is 6.59. The minimum Gasteiger partial charge on any atom is -0.317 e. The Balaban J connectivity index is 1.83.